The van der Waals surface area contributed by atoms with E-state index in [-0.39, 0.29) is 11.9 Å². The smallest absolute Gasteiger partial charge is 0.416 e. The molecule has 0 radical (unpaired) electrons. The normalized spacial score (nSPS) is 13.0. The maximum absolute atomic E-state index is 12.8. The number of carbonyl (C=O) groups is 1. The molecule has 1 heterocycles. The molecular weight excluding hydrogens is 451 g/mol. The van der Waals surface area contributed by atoms with E-state index in [0.717, 1.165) is 28.3 Å². The van der Waals surface area contributed by atoms with Gasteiger partial charge in [0.2, 0.25) is 0 Å². The van der Waals surface area contributed by atoms with Crippen LogP contribution in [-0.2, 0) is 11.0 Å². The van der Waals surface area contributed by atoms with Gasteiger partial charge in [0.25, 0.3) is 0 Å². The summed E-state index contributed by atoms with van der Waals surface area (Å²) in [6.07, 6.45) is -4.68. The van der Waals surface area contributed by atoms with Crippen LogP contribution in [0.25, 0.3) is 10.6 Å². The third-order valence-corrected chi connectivity index (χ3v) is 6.70. The number of thiazole rings is 1. The summed E-state index contributed by atoms with van der Waals surface area (Å²) in [6, 6.07) is 10.4. The van der Waals surface area contributed by atoms with Gasteiger partial charge in [-0.3, -0.25) is 4.79 Å². The van der Waals surface area contributed by atoms with Gasteiger partial charge < -0.3 is 9.47 Å². The third kappa shape index (κ3) is 5.74. The van der Waals surface area contributed by atoms with Gasteiger partial charge in [-0.1, -0.05) is 12.1 Å². The van der Waals surface area contributed by atoms with Crippen LogP contribution in [0.1, 0.15) is 55.5 Å². The van der Waals surface area contributed by atoms with Crippen molar-refractivity contribution in [3.8, 4) is 22.1 Å². The minimum Gasteiger partial charge on any atom is -0.485 e. The Balaban J connectivity index is 1.76. The molecule has 0 aliphatic rings. The first kappa shape index (κ1) is 24.8. The van der Waals surface area contributed by atoms with Gasteiger partial charge in [0, 0.05) is 5.56 Å². The molecule has 3 aromatic rings. The van der Waals surface area contributed by atoms with Crippen LogP contribution < -0.4 is 9.47 Å². The summed E-state index contributed by atoms with van der Waals surface area (Å²) >= 11 is 1.39. The highest BCUT2D eigenvalue weighted by Gasteiger charge is 2.30. The molecule has 0 bridgehead atoms. The lowest BCUT2D eigenvalue weighted by Gasteiger charge is -2.25. The molecule has 0 amide bonds. The summed E-state index contributed by atoms with van der Waals surface area (Å²) < 4.78 is 50.4. The second-order valence-corrected chi connectivity index (χ2v) is 9.43. The number of aryl methyl sites for hydroxylation is 2. The number of aromatic nitrogens is 1. The minimum absolute atomic E-state index is 0.0691. The number of hydrogen-bond acceptors (Lipinski definition) is 5. The van der Waals surface area contributed by atoms with Crippen LogP contribution in [0.15, 0.2) is 42.5 Å². The van der Waals surface area contributed by atoms with Crippen LogP contribution in [-0.4, -0.2) is 16.4 Å². The van der Waals surface area contributed by atoms with Crippen LogP contribution in [0.5, 0.6) is 11.5 Å². The summed E-state index contributed by atoms with van der Waals surface area (Å²) in [5, 5.41) is 0.637. The number of ether oxygens (including phenoxy) is 2. The highest BCUT2D eigenvalue weighted by Crippen LogP contribution is 2.36. The quantitative estimate of drug-likeness (QED) is 0.357. The Hall–Kier alpha value is -2.87. The van der Waals surface area contributed by atoms with Gasteiger partial charge in [0.15, 0.2) is 11.4 Å². The number of nitrogens with zero attached hydrogens (tertiary/aromatic N) is 1. The molecule has 0 aliphatic heterocycles. The highest BCUT2D eigenvalue weighted by molar-refractivity contribution is 7.15. The van der Waals surface area contributed by atoms with Crippen molar-refractivity contribution < 1.29 is 27.4 Å². The molecule has 1 aromatic heterocycles. The Morgan fingerprint density at radius 1 is 1.06 bits per heavy atom. The van der Waals surface area contributed by atoms with E-state index in [2.05, 4.69) is 4.98 Å². The van der Waals surface area contributed by atoms with Crippen molar-refractivity contribution in [3.05, 3.63) is 64.2 Å². The van der Waals surface area contributed by atoms with Crippen molar-refractivity contribution in [1.29, 1.82) is 0 Å². The van der Waals surface area contributed by atoms with E-state index in [9.17, 15) is 18.0 Å². The highest BCUT2D eigenvalue weighted by atomic mass is 32.1. The predicted octanol–water partition coefficient (Wildman–Crippen LogP) is 7.33. The Morgan fingerprint density at radius 2 is 1.70 bits per heavy atom. The molecule has 0 fully saturated rings. The van der Waals surface area contributed by atoms with Crippen LogP contribution in [0.2, 0.25) is 0 Å². The Bertz CT molecular complexity index is 1150. The average Bonchev–Trinajstić information content (AvgIpc) is 3.11. The van der Waals surface area contributed by atoms with Crippen molar-refractivity contribution in [2.45, 2.75) is 59.4 Å². The van der Waals surface area contributed by atoms with Gasteiger partial charge in [-0.05, 0) is 77.4 Å². The average molecular weight is 478 g/mol. The van der Waals surface area contributed by atoms with Gasteiger partial charge >= 0.3 is 6.18 Å². The molecule has 1 atom stereocenters. The van der Waals surface area contributed by atoms with Crippen LogP contribution >= 0.6 is 11.3 Å². The van der Waals surface area contributed by atoms with E-state index in [1.807, 2.05) is 26.8 Å². The fourth-order valence-corrected chi connectivity index (χ4v) is 4.18. The maximum Gasteiger partial charge on any atom is 0.416 e. The van der Waals surface area contributed by atoms with Gasteiger partial charge in [0.1, 0.15) is 22.6 Å². The number of ketones is 1. The van der Waals surface area contributed by atoms with E-state index in [0.29, 0.717) is 22.1 Å². The maximum atomic E-state index is 12.8. The number of halogens is 3. The molecule has 176 valence electrons. The van der Waals surface area contributed by atoms with Crippen LogP contribution in [0.4, 0.5) is 13.2 Å². The second-order valence-electron chi connectivity index (χ2n) is 8.40. The molecule has 3 rings (SSSR count). The van der Waals surface area contributed by atoms with Crippen LogP contribution in [0, 0.1) is 13.8 Å². The number of carbonyl (C=O) groups excluding carboxylic acids is 1. The fraction of sp³-hybridized carbons (Fsp3) is 0.360. The van der Waals surface area contributed by atoms with Crippen molar-refractivity contribution in [2.75, 3.05) is 0 Å². The molecule has 2 aromatic carbocycles. The van der Waals surface area contributed by atoms with E-state index < -0.39 is 17.3 Å². The summed E-state index contributed by atoms with van der Waals surface area (Å²) in [6.45, 7) is 10.6. The number of benzene rings is 2. The number of alkyl halides is 3. The molecule has 0 aliphatic carbocycles. The number of Topliss-reactive ketones (excluding diaryl/α,β-unsaturated/α-hetero) is 1. The molecule has 33 heavy (non-hydrogen) atoms. The minimum atomic E-state index is -4.37. The van der Waals surface area contributed by atoms with E-state index >= 15 is 0 Å². The summed E-state index contributed by atoms with van der Waals surface area (Å²) in [5.74, 6) is 1.17. The van der Waals surface area contributed by atoms with E-state index in [1.54, 1.807) is 26.0 Å². The molecule has 0 saturated carbocycles. The largest absolute Gasteiger partial charge is 0.485 e. The van der Waals surface area contributed by atoms with E-state index in [4.69, 9.17) is 9.47 Å². The zero-order valence-corrected chi connectivity index (χ0v) is 20.1. The second kappa shape index (κ2) is 9.17. The van der Waals surface area contributed by atoms with E-state index in [1.165, 1.54) is 30.4 Å². The molecule has 4 nitrogen and oxygen atoms in total. The standard InChI is InChI=1S/C25H26F3NO3S/c1-14-13-20(11-12-21(14)32-24(5,6)17(4)30)31-16(3)22-15(2)29-23(33-22)18-7-9-19(10-8-18)25(26,27)28/h7-13,16H,1-6H3. The van der Waals surface area contributed by atoms with Crippen LogP contribution in [0.3, 0.4) is 0 Å². The lowest BCUT2D eigenvalue weighted by atomic mass is 10.0. The first-order valence-corrected chi connectivity index (χ1v) is 11.2. The molecule has 8 heteroatoms. The van der Waals surface area contributed by atoms with Gasteiger partial charge in [-0.25, -0.2) is 4.98 Å². The zero-order chi connectivity index (χ0) is 24.6. The first-order valence-electron chi connectivity index (χ1n) is 10.4. The number of hydrogen-bond donors (Lipinski definition) is 0. The predicted molar refractivity (Wildman–Crippen MR) is 123 cm³/mol. The summed E-state index contributed by atoms with van der Waals surface area (Å²) in [5.41, 5.74) is 0.614. The monoisotopic (exact) mass is 477 g/mol. The molecule has 1 unspecified atom stereocenters. The van der Waals surface area contributed by atoms with Gasteiger partial charge in [-0.15, -0.1) is 11.3 Å². The van der Waals surface area contributed by atoms with Gasteiger partial charge in [-0.2, -0.15) is 13.2 Å². The first-order chi connectivity index (χ1) is 15.3. The zero-order valence-electron chi connectivity index (χ0n) is 19.3. The third-order valence-electron chi connectivity index (χ3n) is 5.33. The number of rotatable bonds is 7. The Morgan fingerprint density at radius 3 is 2.24 bits per heavy atom. The Kier molecular flexibility index (Phi) is 6.88. The molecule has 0 N–H and O–H groups in total. The van der Waals surface area contributed by atoms with Crippen molar-refractivity contribution >= 4 is 17.1 Å². The van der Waals surface area contributed by atoms with Crippen molar-refractivity contribution in [1.82, 2.24) is 4.98 Å². The summed E-state index contributed by atoms with van der Waals surface area (Å²) in [4.78, 5) is 17.2. The van der Waals surface area contributed by atoms with Crippen molar-refractivity contribution in [2.24, 2.45) is 0 Å². The topological polar surface area (TPSA) is 48.4 Å². The SMILES string of the molecule is CC(=O)C(C)(C)Oc1ccc(OC(C)c2sc(-c3ccc(C(F)(F)F)cc3)nc2C)cc1C. The molecular formula is C25H26F3NO3S. The summed E-state index contributed by atoms with van der Waals surface area (Å²) in [7, 11) is 0. The Labute approximate surface area is 195 Å². The fourth-order valence-electron chi connectivity index (χ4n) is 3.12. The van der Waals surface area contributed by atoms with Gasteiger partial charge in [0.05, 0.1) is 16.1 Å². The molecule has 0 spiro atoms. The van der Waals surface area contributed by atoms with Crippen molar-refractivity contribution in [3.63, 3.8) is 0 Å². The lowest BCUT2D eigenvalue weighted by Crippen LogP contribution is -2.36. The molecule has 0 saturated heterocycles. The lowest BCUT2D eigenvalue weighted by molar-refractivity contribution is -0.137.